The van der Waals surface area contributed by atoms with Crippen molar-refractivity contribution in [1.82, 2.24) is 14.7 Å². The van der Waals surface area contributed by atoms with E-state index in [4.69, 9.17) is 9.47 Å². The molecule has 2 fully saturated rings. The molecule has 0 aliphatic carbocycles. The van der Waals surface area contributed by atoms with E-state index in [-0.39, 0.29) is 11.9 Å². The summed E-state index contributed by atoms with van der Waals surface area (Å²) in [5, 5.41) is 2.11. The third-order valence-electron chi connectivity index (χ3n) is 6.12. The van der Waals surface area contributed by atoms with Crippen molar-refractivity contribution in [3.8, 4) is 11.5 Å². The van der Waals surface area contributed by atoms with Gasteiger partial charge in [0.2, 0.25) is 5.91 Å². The summed E-state index contributed by atoms with van der Waals surface area (Å²) in [5.74, 6) is 1.80. The van der Waals surface area contributed by atoms with Gasteiger partial charge < -0.3 is 14.4 Å². The van der Waals surface area contributed by atoms with Crippen LogP contribution < -0.4 is 9.47 Å². The first-order valence-electron chi connectivity index (χ1n) is 10.7. The minimum atomic E-state index is 0.277. The lowest BCUT2D eigenvalue weighted by atomic mass is 10.1. The van der Waals surface area contributed by atoms with E-state index in [1.807, 2.05) is 12.1 Å². The van der Waals surface area contributed by atoms with Crippen LogP contribution in [-0.4, -0.2) is 74.1 Å². The second kappa shape index (κ2) is 9.81. The number of methoxy groups -OCH3 is 2. The molecule has 7 heteroatoms. The van der Waals surface area contributed by atoms with E-state index < -0.39 is 0 Å². The largest absolute Gasteiger partial charge is 0.493 e. The molecule has 0 N–H and O–H groups in total. The summed E-state index contributed by atoms with van der Waals surface area (Å²) < 4.78 is 10.7. The zero-order valence-corrected chi connectivity index (χ0v) is 18.7. The number of rotatable bonds is 7. The molecule has 0 unspecified atom stereocenters. The molecule has 6 nitrogen and oxygen atoms in total. The molecule has 0 radical (unpaired) electrons. The number of nitrogens with zero attached hydrogens (tertiary/aromatic N) is 3. The average Bonchev–Trinajstić information content (AvgIpc) is 3.46. The molecule has 1 amide bonds. The fourth-order valence-corrected chi connectivity index (χ4v) is 5.34. The zero-order valence-electron chi connectivity index (χ0n) is 17.9. The molecule has 30 heavy (non-hydrogen) atoms. The maximum Gasteiger partial charge on any atom is 0.237 e. The van der Waals surface area contributed by atoms with Crippen LogP contribution in [0, 0.1) is 0 Å². The Morgan fingerprint density at radius 2 is 1.80 bits per heavy atom. The summed E-state index contributed by atoms with van der Waals surface area (Å²) in [6.07, 6.45) is 2.19. The van der Waals surface area contributed by atoms with E-state index in [1.54, 1.807) is 25.6 Å². The number of benzene rings is 1. The van der Waals surface area contributed by atoms with Gasteiger partial charge in [-0.3, -0.25) is 14.6 Å². The van der Waals surface area contributed by atoms with E-state index >= 15 is 0 Å². The van der Waals surface area contributed by atoms with E-state index in [2.05, 4.69) is 38.3 Å². The van der Waals surface area contributed by atoms with Crippen molar-refractivity contribution in [2.45, 2.75) is 25.4 Å². The molecule has 2 saturated heterocycles. The van der Waals surface area contributed by atoms with Crippen molar-refractivity contribution in [3.63, 3.8) is 0 Å². The van der Waals surface area contributed by atoms with E-state index in [1.165, 1.54) is 10.4 Å². The summed E-state index contributed by atoms with van der Waals surface area (Å²) in [6.45, 7) is 6.10. The number of hydrogen-bond donors (Lipinski definition) is 0. The van der Waals surface area contributed by atoms with Gasteiger partial charge in [0.05, 0.1) is 26.8 Å². The molecule has 0 spiro atoms. The van der Waals surface area contributed by atoms with Gasteiger partial charge in [-0.05, 0) is 42.0 Å². The highest BCUT2D eigenvalue weighted by molar-refractivity contribution is 7.10. The van der Waals surface area contributed by atoms with Crippen molar-refractivity contribution < 1.29 is 14.3 Å². The van der Waals surface area contributed by atoms with Gasteiger partial charge >= 0.3 is 0 Å². The maximum absolute atomic E-state index is 13.0. The molecule has 162 valence electrons. The Balaban J connectivity index is 1.27. The van der Waals surface area contributed by atoms with Crippen molar-refractivity contribution in [2.75, 3.05) is 53.5 Å². The lowest BCUT2D eigenvalue weighted by Gasteiger charge is -2.35. The standard InChI is InChI=1S/C23H31N3O3S/c1-28-20-8-7-18(15-21(20)29-2)16-24-10-12-25(13-11-24)17-23(27)26-9-3-5-19(26)22-6-4-14-30-22/h4,6-8,14-15,19H,3,5,9-13,16-17H2,1-2H3/t19-/m1/s1. The summed E-state index contributed by atoms with van der Waals surface area (Å²) in [5.41, 5.74) is 1.22. The normalized spacial score (nSPS) is 20.5. The molecule has 2 aliphatic heterocycles. The van der Waals surface area contributed by atoms with Crippen LogP contribution >= 0.6 is 11.3 Å². The highest BCUT2D eigenvalue weighted by Gasteiger charge is 2.31. The molecule has 1 aromatic heterocycles. The molecular formula is C23H31N3O3S. The van der Waals surface area contributed by atoms with Gasteiger partial charge in [-0.25, -0.2) is 0 Å². The summed E-state index contributed by atoms with van der Waals surface area (Å²) in [6, 6.07) is 10.6. The summed E-state index contributed by atoms with van der Waals surface area (Å²) >= 11 is 1.76. The predicted octanol–water partition coefficient (Wildman–Crippen LogP) is 3.25. The van der Waals surface area contributed by atoms with Crippen molar-refractivity contribution >= 4 is 17.2 Å². The third kappa shape index (κ3) is 4.79. The fourth-order valence-electron chi connectivity index (χ4n) is 4.47. The van der Waals surface area contributed by atoms with Gasteiger partial charge in [-0.15, -0.1) is 11.3 Å². The molecule has 4 rings (SSSR count). The van der Waals surface area contributed by atoms with Crippen LogP contribution in [0.4, 0.5) is 0 Å². The zero-order chi connectivity index (χ0) is 20.9. The molecule has 0 saturated carbocycles. The Morgan fingerprint density at radius 1 is 1.03 bits per heavy atom. The minimum absolute atomic E-state index is 0.277. The Kier molecular flexibility index (Phi) is 6.92. The Morgan fingerprint density at radius 3 is 2.50 bits per heavy atom. The SMILES string of the molecule is COc1ccc(CN2CCN(CC(=O)N3CCC[C@@H]3c3cccs3)CC2)cc1OC. The van der Waals surface area contributed by atoms with Gasteiger partial charge in [-0.2, -0.15) is 0 Å². The van der Waals surface area contributed by atoms with Gasteiger partial charge in [0.25, 0.3) is 0 Å². The van der Waals surface area contributed by atoms with Gasteiger partial charge in [-0.1, -0.05) is 12.1 Å². The minimum Gasteiger partial charge on any atom is -0.493 e. The van der Waals surface area contributed by atoms with Crippen LogP contribution in [0.5, 0.6) is 11.5 Å². The summed E-state index contributed by atoms with van der Waals surface area (Å²) in [7, 11) is 3.32. The smallest absolute Gasteiger partial charge is 0.237 e. The second-order valence-electron chi connectivity index (χ2n) is 8.00. The van der Waals surface area contributed by atoms with Crippen LogP contribution in [0.1, 0.15) is 29.3 Å². The molecule has 2 aliphatic rings. The number of hydrogen-bond acceptors (Lipinski definition) is 6. The first-order valence-corrected chi connectivity index (χ1v) is 11.5. The Hall–Kier alpha value is -2.09. The molecule has 3 heterocycles. The lowest BCUT2D eigenvalue weighted by Crippen LogP contribution is -2.49. The van der Waals surface area contributed by atoms with E-state index in [0.717, 1.165) is 63.6 Å². The Labute approximate surface area is 183 Å². The fraction of sp³-hybridized carbons (Fsp3) is 0.522. The second-order valence-corrected chi connectivity index (χ2v) is 8.98. The van der Waals surface area contributed by atoms with Crippen LogP contribution in [0.3, 0.4) is 0 Å². The topological polar surface area (TPSA) is 45.2 Å². The van der Waals surface area contributed by atoms with E-state index in [9.17, 15) is 4.79 Å². The number of thiophene rings is 1. The first kappa shape index (κ1) is 21.2. The maximum atomic E-state index is 13.0. The third-order valence-corrected chi connectivity index (χ3v) is 7.10. The number of piperazine rings is 1. The molecular weight excluding hydrogens is 398 g/mol. The quantitative estimate of drug-likeness (QED) is 0.676. The van der Waals surface area contributed by atoms with Gasteiger partial charge in [0.15, 0.2) is 11.5 Å². The van der Waals surface area contributed by atoms with Crippen LogP contribution in [0.15, 0.2) is 35.7 Å². The highest BCUT2D eigenvalue weighted by Crippen LogP contribution is 2.34. The van der Waals surface area contributed by atoms with Gasteiger partial charge in [0.1, 0.15) is 0 Å². The van der Waals surface area contributed by atoms with Crippen molar-refractivity contribution in [3.05, 3.63) is 46.2 Å². The van der Waals surface area contributed by atoms with Crippen LogP contribution in [0.25, 0.3) is 0 Å². The van der Waals surface area contributed by atoms with Gasteiger partial charge in [0, 0.05) is 44.1 Å². The molecule has 1 atom stereocenters. The predicted molar refractivity (Wildman–Crippen MR) is 119 cm³/mol. The molecule has 0 bridgehead atoms. The number of carbonyl (C=O) groups is 1. The number of ether oxygens (including phenoxy) is 2. The number of likely N-dealkylation sites (tertiary alicyclic amines) is 1. The highest BCUT2D eigenvalue weighted by atomic mass is 32.1. The number of carbonyl (C=O) groups excluding carboxylic acids is 1. The van der Waals surface area contributed by atoms with Crippen LogP contribution in [0.2, 0.25) is 0 Å². The van der Waals surface area contributed by atoms with Crippen molar-refractivity contribution in [2.24, 2.45) is 0 Å². The molecule has 2 aromatic rings. The van der Waals surface area contributed by atoms with Crippen molar-refractivity contribution in [1.29, 1.82) is 0 Å². The molecule has 1 aromatic carbocycles. The van der Waals surface area contributed by atoms with Crippen LogP contribution in [-0.2, 0) is 11.3 Å². The summed E-state index contributed by atoms with van der Waals surface area (Å²) in [4.78, 5) is 21.1. The average molecular weight is 430 g/mol. The first-order chi connectivity index (χ1) is 14.7. The Bertz CT molecular complexity index is 834. The monoisotopic (exact) mass is 429 g/mol. The van der Waals surface area contributed by atoms with E-state index in [0.29, 0.717) is 6.54 Å². The number of amides is 1. The lowest BCUT2D eigenvalue weighted by molar-refractivity contribution is -0.133.